The van der Waals surface area contributed by atoms with Gasteiger partial charge in [0.2, 0.25) is 5.91 Å². The molecule has 0 aromatic rings. The number of hydrogen-bond donors (Lipinski definition) is 1. The van der Waals surface area contributed by atoms with E-state index in [1.54, 1.807) is 7.11 Å². The van der Waals surface area contributed by atoms with Crippen LogP contribution < -0.4 is 5.32 Å². The summed E-state index contributed by atoms with van der Waals surface area (Å²) >= 11 is 0. The molecule has 0 bridgehead atoms. The Labute approximate surface area is 92.0 Å². The molecule has 0 saturated carbocycles. The molecule has 1 amide bonds. The van der Waals surface area contributed by atoms with E-state index in [0.717, 1.165) is 32.5 Å². The van der Waals surface area contributed by atoms with Crippen LogP contribution >= 0.6 is 0 Å². The second-order valence-electron chi connectivity index (χ2n) is 4.06. The van der Waals surface area contributed by atoms with Crippen molar-refractivity contribution in [3.05, 3.63) is 0 Å². The van der Waals surface area contributed by atoms with Gasteiger partial charge in [0.25, 0.3) is 0 Å². The maximum atomic E-state index is 11.9. The molecule has 2 unspecified atom stereocenters. The van der Waals surface area contributed by atoms with Gasteiger partial charge in [0, 0.05) is 26.3 Å². The van der Waals surface area contributed by atoms with Crippen molar-refractivity contribution in [2.45, 2.75) is 38.8 Å². The molecule has 1 aliphatic heterocycles. The van der Waals surface area contributed by atoms with Crippen LogP contribution in [0.25, 0.3) is 0 Å². The van der Waals surface area contributed by atoms with Gasteiger partial charge in [-0.1, -0.05) is 6.92 Å². The van der Waals surface area contributed by atoms with Gasteiger partial charge in [0.15, 0.2) is 0 Å². The zero-order valence-electron chi connectivity index (χ0n) is 9.95. The Bertz CT molecular complexity index is 209. The van der Waals surface area contributed by atoms with Crippen LogP contribution in [0, 0.1) is 0 Å². The third-order valence-electron chi connectivity index (χ3n) is 2.96. The molecule has 4 nitrogen and oxygen atoms in total. The molecule has 15 heavy (non-hydrogen) atoms. The molecule has 1 saturated heterocycles. The van der Waals surface area contributed by atoms with Crippen molar-refractivity contribution in [2.75, 3.05) is 26.8 Å². The summed E-state index contributed by atoms with van der Waals surface area (Å²) in [6, 6.07) is 0.334. The van der Waals surface area contributed by atoms with E-state index < -0.39 is 0 Å². The number of nitrogens with zero attached hydrogens (tertiary/aromatic N) is 1. The van der Waals surface area contributed by atoms with Crippen molar-refractivity contribution < 1.29 is 9.53 Å². The number of likely N-dealkylation sites (N-methyl/N-ethyl adjacent to an activating group) is 1. The Morgan fingerprint density at radius 3 is 3.00 bits per heavy atom. The van der Waals surface area contributed by atoms with E-state index in [1.165, 1.54) is 0 Å². The van der Waals surface area contributed by atoms with Gasteiger partial charge in [-0.25, -0.2) is 0 Å². The van der Waals surface area contributed by atoms with Crippen LogP contribution in [0.2, 0.25) is 0 Å². The predicted molar refractivity (Wildman–Crippen MR) is 59.7 cm³/mol. The summed E-state index contributed by atoms with van der Waals surface area (Å²) in [5.74, 6) is 0.250. The Balaban J connectivity index is 2.40. The molecule has 1 fully saturated rings. The van der Waals surface area contributed by atoms with Gasteiger partial charge >= 0.3 is 0 Å². The minimum absolute atomic E-state index is 0.0417. The average molecular weight is 214 g/mol. The molecular weight excluding hydrogens is 192 g/mol. The van der Waals surface area contributed by atoms with Gasteiger partial charge in [-0.3, -0.25) is 4.79 Å². The van der Waals surface area contributed by atoms with Crippen molar-refractivity contribution in [3.8, 4) is 0 Å². The van der Waals surface area contributed by atoms with Gasteiger partial charge in [0.1, 0.15) is 0 Å². The zero-order chi connectivity index (χ0) is 11.3. The maximum Gasteiger partial charge on any atom is 0.240 e. The Kier molecular flexibility index (Phi) is 5.05. The van der Waals surface area contributed by atoms with E-state index in [0.29, 0.717) is 6.04 Å². The predicted octanol–water partition coefficient (Wildman–Crippen LogP) is 0.622. The van der Waals surface area contributed by atoms with E-state index in [9.17, 15) is 4.79 Å². The molecule has 1 rings (SSSR count). The van der Waals surface area contributed by atoms with E-state index in [1.807, 2.05) is 11.8 Å². The lowest BCUT2D eigenvalue weighted by Gasteiger charge is -2.24. The fourth-order valence-electron chi connectivity index (χ4n) is 2.02. The number of carbonyl (C=O) groups is 1. The van der Waals surface area contributed by atoms with Crippen LogP contribution in [-0.2, 0) is 9.53 Å². The van der Waals surface area contributed by atoms with Crippen molar-refractivity contribution in [3.63, 3.8) is 0 Å². The van der Waals surface area contributed by atoms with Crippen molar-refractivity contribution in [1.29, 1.82) is 0 Å². The first-order chi connectivity index (χ1) is 7.20. The largest absolute Gasteiger partial charge is 0.385 e. The normalized spacial score (nSPS) is 23.5. The van der Waals surface area contributed by atoms with E-state index in [4.69, 9.17) is 4.74 Å². The van der Waals surface area contributed by atoms with Crippen molar-refractivity contribution in [1.82, 2.24) is 10.2 Å². The summed E-state index contributed by atoms with van der Waals surface area (Å²) < 4.78 is 5.03. The molecule has 0 spiro atoms. The van der Waals surface area contributed by atoms with E-state index >= 15 is 0 Å². The number of carbonyl (C=O) groups excluding carboxylic acids is 1. The van der Waals surface area contributed by atoms with Crippen LogP contribution in [0.3, 0.4) is 0 Å². The minimum atomic E-state index is 0.0417. The van der Waals surface area contributed by atoms with Crippen LogP contribution in [0.4, 0.5) is 0 Å². The first-order valence-electron chi connectivity index (χ1n) is 5.73. The highest BCUT2D eigenvalue weighted by Gasteiger charge is 2.33. The molecule has 0 aromatic carbocycles. The highest BCUT2D eigenvalue weighted by molar-refractivity contribution is 5.84. The Hall–Kier alpha value is -0.610. The molecule has 0 aromatic heterocycles. The number of methoxy groups -OCH3 is 1. The summed E-state index contributed by atoms with van der Waals surface area (Å²) in [7, 11) is 1.69. The molecule has 1 aliphatic rings. The number of likely N-dealkylation sites (tertiary alicyclic amines) is 1. The zero-order valence-corrected chi connectivity index (χ0v) is 9.95. The topological polar surface area (TPSA) is 41.6 Å². The second kappa shape index (κ2) is 6.08. The lowest BCUT2D eigenvalue weighted by atomic mass is 10.2. The van der Waals surface area contributed by atoms with Crippen molar-refractivity contribution in [2.24, 2.45) is 0 Å². The first-order valence-corrected chi connectivity index (χ1v) is 5.73. The second-order valence-corrected chi connectivity index (χ2v) is 4.06. The summed E-state index contributed by atoms with van der Waals surface area (Å²) in [5, 5.41) is 3.21. The van der Waals surface area contributed by atoms with E-state index in [-0.39, 0.29) is 11.9 Å². The molecular formula is C11H22N2O2. The van der Waals surface area contributed by atoms with Gasteiger partial charge < -0.3 is 15.0 Å². The van der Waals surface area contributed by atoms with Crippen LogP contribution in [0.1, 0.15) is 26.7 Å². The molecule has 88 valence electrons. The smallest absolute Gasteiger partial charge is 0.240 e. The summed E-state index contributed by atoms with van der Waals surface area (Å²) in [4.78, 5) is 13.9. The van der Waals surface area contributed by atoms with Crippen LogP contribution in [0.5, 0.6) is 0 Å². The molecule has 4 heteroatoms. The van der Waals surface area contributed by atoms with Crippen molar-refractivity contribution >= 4 is 5.91 Å². The highest BCUT2D eigenvalue weighted by atomic mass is 16.5. The Morgan fingerprint density at radius 2 is 2.40 bits per heavy atom. The minimum Gasteiger partial charge on any atom is -0.385 e. The summed E-state index contributed by atoms with van der Waals surface area (Å²) in [5.41, 5.74) is 0. The van der Waals surface area contributed by atoms with Gasteiger partial charge in [-0.2, -0.15) is 0 Å². The van der Waals surface area contributed by atoms with Gasteiger partial charge in [-0.15, -0.1) is 0 Å². The fraction of sp³-hybridized carbons (Fsp3) is 0.909. The lowest BCUT2D eigenvalue weighted by Crippen LogP contribution is -2.42. The van der Waals surface area contributed by atoms with Crippen LogP contribution in [0.15, 0.2) is 0 Å². The third-order valence-corrected chi connectivity index (χ3v) is 2.96. The monoisotopic (exact) mass is 214 g/mol. The van der Waals surface area contributed by atoms with Gasteiger partial charge in [0.05, 0.1) is 6.04 Å². The lowest BCUT2D eigenvalue weighted by molar-refractivity contribution is -0.131. The summed E-state index contributed by atoms with van der Waals surface area (Å²) in [6.07, 6.45) is 1.85. The number of ether oxygens (including phenoxy) is 1. The average Bonchev–Trinajstić information content (AvgIpc) is 2.58. The maximum absolute atomic E-state index is 11.9. The van der Waals surface area contributed by atoms with E-state index in [2.05, 4.69) is 12.2 Å². The third kappa shape index (κ3) is 3.18. The first kappa shape index (κ1) is 12.5. The number of rotatable bonds is 6. The highest BCUT2D eigenvalue weighted by Crippen LogP contribution is 2.16. The molecule has 0 aliphatic carbocycles. The molecule has 1 N–H and O–H groups in total. The summed E-state index contributed by atoms with van der Waals surface area (Å²) in [6.45, 7) is 6.57. The Morgan fingerprint density at radius 1 is 1.67 bits per heavy atom. The van der Waals surface area contributed by atoms with Gasteiger partial charge in [-0.05, 0) is 26.3 Å². The fourth-order valence-corrected chi connectivity index (χ4v) is 2.02. The molecule has 1 heterocycles. The molecule has 2 atom stereocenters. The quantitative estimate of drug-likeness (QED) is 0.705. The molecule has 0 radical (unpaired) electrons. The number of hydrogen-bond acceptors (Lipinski definition) is 3. The SMILES string of the molecule is CCNC1CCN(C(C)CCOC)C1=O. The number of amides is 1. The van der Waals surface area contributed by atoms with Crippen LogP contribution in [-0.4, -0.2) is 49.7 Å². The number of nitrogens with one attached hydrogen (secondary N) is 1. The standard InChI is InChI=1S/C11H22N2O2/c1-4-12-10-5-7-13(11(10)14)9(2)6-8-15-3/h9-10,12H,4-8H2,1-3H3.